The van der Waals surface area contributed by atoms with Crippen LogP contribution in [0.2, 0.25) is 0 Å². The van der Waals surface area contributed by atoms with Crippen LogP contribution in [-0.4, -0.2) is 28.8 Å². The van der Waals surface area contributed by atoms with Crippen molar-refractivity contribution in [3.8, 4) is 0 Å². The van der Waals surface area contributed by atoms with Crippen molar-refractivity contribution < 1.29 is 9.59 Å². The summed E-state index contributed by atoms with van der Waals surface area (Å²) in [5, 5.41) is 3.20. The van der Waals surface area contributed by atoms with Crippen LogP contribution >= 0.6 is 0 Å². The van der Waals surface area contributed by atoms with Crippen LogP contribution in [0.5, 0.6) is 0 Å². The second-order valence-electron chi connectivity index (χ2n) is 8.95. The Kier molecular flexibility index (Phi) is 8.27. The number of carbonyl (C=O) groups is 2. The molecular weight excluding hydrogens is 384 g/mol. The van der Waals surface area contributed by atoms with Gasteiger partial charge in [0.05, 0.1) is 0 Å². The van der Waals surface area contributed by atoms with Gasteiger partial charge in [-0.05, 0) is 56.7 Å². The Bertz CT molecular complexity index is 869. The molecule has 0 aromatic heterocycles. The van der Waals surface area contributed by atoms with Crippen LogP contribution in [0.25, 0.3) is 0 Å². The van der Waals surface area contributed by atoms with Crippen molar-refractivity contribution >= 4 is 11.8 Å². The van der Waals surface area contributed by atoms with E-state index in [1.54, 1.807) is 4.90 Å². The van der Waals surface area contributed by atoms with Gasteiger partial charge in [0, 0.05) is 19.0 Å². The fourth-order valence-electron chi connectivity index (χ4n) is 4.27. The lowest BCUT2D eigenvalue weighted by Gasteiger charge is -2.31. The summed E-state index contributed by atoms with van der Waals surface area (Å²) in [6.07, 6.45) is 6.74. The summed E-state index contributed by atoms with van der Waals surface area (Å²) in [6, 6.07) is 16.1. The van der Waals surface area contributed by atoms with Gasteiger partial charge in [0.25, 0.3) is 0 Å². The summed E-state index contributed by atoms with van der Waals surface area (Å²) in [5.74, 6) is -0.0145. The average molecular weight is 421 g/mol. The molecule has 2 amide bonds. The van der Waals surface area contributed by atoms with Crippen molar-refractivity contribution in [3.05, 3.63) is 70.8 Å². The number of rotatable bonds is 8. The number of nitrogens with zero attached hydrogens (tertiary/aromatic N) is 1. The molecule has 166 valence electrons. The maximum atomic E-state index is 13.3. The number of amides is 2. The van der Waals surface area contributed by atoms with Crippen molar-refractivity contribution in [2.75, 3.05) is 0 Å². The highest BCUT2D eigenvalue weighted by molar-refractivity contribution is 5.87. The molecule has 1 saturated carbocycles. The van der Waals surface area contributed by atoms with E-state index in [1.807, 2.05) is 25.1 Å². The second kappa shape index (κ2) is 11.1. The molecule has 4 nitrogen and oxygen atoms in total. The first-order valence-electron chi connectivity index (χ1n) is 11.6. The first kappa shape index (κ1) is 23.1. The summed E-state index contributed by atoms with van der Waals surface area (Å²) in [6.45, 7) is 6.43. The topological polar surface area (TPSA) is 49.4 Å². The minimum absolute atomic E-state index is 0.0233. The SMILES string of the molecule is Cc1ccc(CCC(=O)N(Cc2ccccc2C)[C@H](C)C(=O)NC2CCCCC2)cc1. The lowest BCUT2D eigenvalue weighted by atomic mass is 9.95. The molecule has 0 radical (unpaired) electrons. The summed E-state index contributed by atoms with van der Waals surface area (Å²) in [7, 11) is 0. The van der Waals surface area contributed by atoms with E-state index in [4.69, 9.17) is 0 Å². The number of carbonyl (C=O) groups excluding carboxylic acids is 2. The van der Waals surface area contributed by atoms with E-state index in [0.29, 0.717) is 19.4 Å². The molecule has 1 aliphatic carbocycles. The molecule has 2 aromatic carbocycles. The van der Waals surface area contributed by atoms with Gasteiger partial charge in [-0.15, -0.1) is 0 Å². The molecule has 1 aliphatic rings. The predicted octanol–water partition coefficient (Wildman–Crippen LogP) is 5.10. The molecule has 2 aromatic rings. The molecule has 1 fully saturated rings. The first-order chi connectivity index (χ1) is 14.9. The Balaban J connectivity index is 1.71. The smallest absolute Gasteiger partial charge is 0.242 e. The molecule has 3 rings (SSSR count). The van der Waals surface area contributed by atoms with Crippen LogP contribution in [0.4, 0.5) is 0 Å². The molecule has 0 heterocycles. The van der Waals surface area contributed by atoms with Gasteiger partial charge in [-0.3, -0.25) is 9.59 Å². The maximum absolute atomic E-state index is 13.3. The van der Waals surface area contributed by atoms with E-state index in [9.17, 15) is 9.59 Å². The van der Waals surface area contributed by atoms with Crippen LogP contribution in [0.3, 0.4) is 0 Å². The summed E-state index contributed by atoms with van der Waals surface area (Å²) in [5.41, 5.74) is 4.58. The Hall–Kier alpha value is -2.62. The highest BCUT2D eigenvalue weighted by Crippen LogP contribution is 2.19. The molecule has 0 bridgehead atoms. The van der Waals surface area contributed by atoms with Crippen molar-refractivity contribution in [1.29, 1.82) is 0 Å². The van der Waals surface area contributed by atoms with Crippen molar-refractivity contribution in [2.24, 2.45) is 0 Å². The van der Waals surface area contributed by atoms with Crippen molar-refractivity contribution in [2.45, 2.75) is 84.3 Å². The zero-order chi connectivity index (χ0) is 22.2. The Labute approximate surface area is 187 Å². The van der Waals surface area contributed by atoms with Crippen LogP contribution in [0.15, 0.2) is 48.5 Å². The van der Waals surface area contributed by atoms with Crippen molar-refractivity contribution in [3.63, 3.8) is 0 Å². The third-order valence-corrected chi connectivity index (χ3v) is 6.47. The van der Waals surface area contributed by atoms with E-state index in [-0.39, 0.29) is 17.9 Å². The van der Waals surface area contributed by atoms with Gasteiger partial charge in [-0.25, -0.2) is 0 Å². The van der Waals surface area contributed by atoms with Gasteiger partial charge < -0.3 is 10.2 Å². The molecule has 1 atom stereocenters. The molecule has 0 aliphatic heterocycles. The fraction of sp³-hybridized carbons (Fsp3) is 0.481. The zero-order valence-electron chi connectivity index (χ0n) is 19.2. The lowest BCUT2D eigenvalue weighted by Crippen LogP contribution is -2.50. The lowest BCUT2D eigenvalue weighted by molar-refractivity contribution is -0.141. The molecule has 0 unspecified atom stereocenters. The molecule has 1 N–H and O–H groups in total. The van der Waals surface area contributed by atoms with Gasteiger partial charge in [-0.2, -0.15) is 0 Å². The predicted molar refractivity (Wildman–Crippen MR) is 126 cm³/mol. The van der Waals surface area contributed by atoms with E-state index >= 15 is 0 Å². The van der Waals surface area contributed by atoms with Gasteiger partial charge in [0.1, 0.15) is 6.04 Å². The highest BCUT2D eigenvalue weighted by atomic mass is 16.2. The van der Waals surface area contributed by atoms with Crippen molar-refractivity contribution in [1.82, 2.24) is 10.2 Å². The number of hydrogen-bond donors (Lipinski definition) is 1. The molecule has 0 spiro atoms. The van der Waals surface area contributed by atoms with Gasteiger partial charge in [-0.1, -0.05) is 73.4 Å². The van der Waals surface area contributed by atoms with Gasteiger partial charge in [0.15, 0.2) is 0 Å². The molecule has 0 saturated heterocycles. The van der Waals surface area contributed by atoms with E-state index in [1.165, 1.54) is 24.8 Å². The Morgan fingerprint density at radius 2 is 1.68 bits per heavy atom. The maximum Gasteiger partial charge on any atom is 0.242 e. The Morgan fingerprint density at radius 3 is 2.35 bits per heavy atom. The third kappa shape index (κ3) is 6.68. The van der Waals surface area contributed by atoms with Gasteiger partial charge >= 0.3 is 0 Å². The van der Waals surface area contributed by atoms with Crippen LogP contribution in [-0.2, 0) is 22.6 Å². The second-order valence-corrected chi connectivity index (χ2v) is 8.95. The number of hydrogen-bond acceptors (Lipinski definition) is 2. The monoisotopic (exact) mass is 420 g/mol. The minimum Gasteiger partial charge on any atom is -0.352 e. The van der Waals surface area contributed by atoms with E-state index < -0.39 is 6.04 Å². The largest absolute Gasteiger partial charge is 0.352 e. The molecule has 31 heavy (non-hydrogen) atoms. The quantitative estimate of drug-likeness (QED) is 0.646. The highest BCUT2D eigenvalue weighted by Gasteiger charge is 2.28. The third-order valence-electron chi connectivity index (χ3n) is 6.47. The minimum atomic E-state index is -0.493. The first-order valence-corrected chi connectivity index (χ1v) is 11.6. The van der Waals surface area contributed by atoms with E-state index in [2.05, 4.69) is 49.5 Å². The fourth-order valence-corrected chi connectivity index (χ4v) is 4.27. The standard InChI is InChI=1S/C27H36N2O2/c1-20-13-15-23(16-14-20)17-18-26(30)29(19-24-10-8-7-9-21(24)2)22(3)27(31)28-25-11-5-4-6-12-25/h7-10,13-16,22,25H,4-6,11-12,17-19H2,1-3H3,(H,28,31)/t22-/m1/s1. The molecular formula is C27H36N2O2. The van der Waals surface area contributed by atoms with Crippen LogP contribution < -0.4 is 5.32 Å². The normalized spacial score (nSPS) is 15.3. The Morgan fingerprint density at radius 1 is 1.00 bits per heavy atom. The number of aryl methyl sites for hydroxylation is 3. The van der Waals surface area contributed by atoms with Crippen LogP contribution in [0.1, 0.15) is 67.7 Å². The van der Waals surface area contributed by atoms with Crippen LogP contribution in [0, 0.1) is 13.8 Å². The van der Waals surface area contributed by atoms with E-state index in [0.717, 1.165) is 29.5 Å². The number of benzene rings is 2. The summed E-state index contributed by atoms with van der Waals surface area (Å²) < 4.78 is 0. The summed E-state index contributed by atoms with van der Waals surface area (Å²) in [4.78, 5) is 28.1. The molecule has 4 heteroatoms. The average Bonchev–Trinajstić information content (AvgIpc) is 2.78. The number of nitrogens with one attached hydrogen (secondary N) is 1. The van der Waals surface area contributed by atoms with Gasteiger partial charge in [0.2, 0.25) is 11.8 Å². The summed E-state index contributed by atoms with van der Waals surface area (Å²) >= 11 is 0. The zero-order valence-corrected chi connectivity index (χ0v) is 19.2.